The van der Waals surface area contributed by atoms with Crippen LogP contribution >= 0.6 is 23.4 Å². The number of aromatic nitrogens is 7. The second kappa shape index (κ2) is 8.64. The third-order valence-corrected chi connectivity index (χ3v) is 5.54. The average Bonchev–Trinajstić information content (AvgIpc) is 3.18. The maximum atomic E-state index is 5.92. The summed E-state index contributed by atoms with van der Waals surface area (Å²) >= 11 is 7.34. The van der Waals surface area contributed by atoms with Crippen molar-refractivity contribution in [2.75, 3.05) is 11.1 Å². The van der Waals surface area contributed by atoms with Gasteiger partial charge in [-0.3, -0.25) is 0 Å². The molecular formula is C19H18ClN9S. The third-order valence-electron chi connectivity index (χ3n) is 4.37. The normalized spacial score (nSPS) is 10.9. The fourth-order valence-corrected chi connectivity index (χ4v) is 3.60. The zero-order valence-electron chi connectivity index (χ0n) is 16.2. The molecule has 2 aromatic heterocycles. The van der Waals surface area contributed by atoms with Crippen LogP contribution in [0.4, 0.5) is 17.6 Å². The molecule has 0 saturated heterocycles. The summed E-state index contributed by atoms with van der Waals surface area (Å²) in [5.74, 6) is 1.42. The van der Waals surface area contributed by atoms with Crippen molar-refractivity contribution in [3.8, 4) is 5.69 Å². The summed E-state index contributed by atoms with van der Waals surface area (Å²) in [7, 11) is 0. The summed E-state index contributed by atoms with van der Waals surface area (Å²) < 4.78 is 1.71. The molecule has 152 valence electrons. The SMILES string of the molecule is Cc1cccc(-n2nnnc2SCc2nc(N)nc(Nc3ccc(Cl)cc3)n2)c1C. The minimum absolute atomic E-state index is 0.131. The van der Waals surface area contributed by atoms with Gasteiger partial charge in [-0.2, -0.15) is 19.6 Å². The van der Waals surface area contributed by atoms with Crippen LogP contribution in [-0.4, -0.2) is 35.2 Å². The number of halogens is 1. The summed E-state index contributed by atoms with van der Waals surface area (Å²) in [6.45, 7) is 4.10. The van der Waals surface area contributed by atoms with E-state index in [4.69, 9.17) is 17.3 Å². The summed E-state index contributed by atoms with van der Waals surface area (Å²) in [6.07, 6.45) is 0. The molecule has 0 fully saturated rings. The minimum Gasteiger partial charge on any atom is -0.368 e. The number of anilines is 3. The predicted octanol–water partition coefficient (Wildman–Crippen LogP) is 3.74. The molecule has 0 bridgehead atoms. The van der Waals surface area contributed by atoms with E-state index in [9.17, 15) is 0 Å². The molecule has 0 unspecified atom stereocenters. The Morgan fingerprint density at radius 2 is 1.87 bits per heavy atom. The molecular weight excluding hydrogens is 422 g/mol. The first kappa shape index (κ1) is 20.0. The van der Waals surface area contributed by atoms with Crippen LogP contribution in [0.5, 0.6) is 0 Å². The molecule has 4 rings (SSSR count). The molecule has 0 amide bonds. The van der Waals surface area contributed by atoms with Crippen LogP contribution in [0.1, 0.15) is 17.0 Å². The number of hydrogen-bond donors (Lipinski definition) is 2. The molecule has 0 saturated carbocycles. The van der Waals surface area contributed by atoms with E-state index in [0.717, 1.165) is 16.9 Å². The van der Waals surface area contributed by atoms with E-state index < -0.39 is 0 Å². The lowest BCUT2D eigenvalue weighted by Crippen LogP contribution is -2.07. The minimum atomic E-state index is 0.131. The number of hydrogen-bond acceptors (Lipinski definition) is 9. The maximum absolute atomic E-state index is 5.92. The van der Waals surface area contributed by atoms with Crippen LogP contribution in [-0.2, 0) is 5.75 Å². The van der Waals surface area contributed by atoms with Gasteiger partial charge in [0.15, 0.2) is 0 Å². The summed E-state index contributed by atoms with van der Waals surface area (Å²) in [4.78, 5) is 12.8. The van der Waals surface area contributed by atoms with Crippen LogP contribution < -0.4 is 11.1 Å². The maximum Gasteiger partial charge on any atom is 0.232 e. The van der Waals surface area contributed by atoms with E-state index in [2.05, 4.69) is 48.8 Å². The molecule has 0 radical (unpaired) electrons. The van der Waals surface area contributed by atoms with Gasteiger partial charge in [0.2, 0.25) is 17.1 Å². The second-order valence-corrected chi connectivity index (χ2v) is 7.83. The molecule has 2 aromatic carbocycles. The summed E-state index contributed by atoms with van der Waals surface area (Å²) in [6, 6.07) is 13.2. The van der Waals surface area contributed by atoms with E-state index in [1.54, 1.807) is 16.8 Å². The Hall–Kier alpha value is -3.24. The van der Waals surface area contributed by atoms with Crippen molar-refractivity contribution in [2.45, 2.75) is 24.8 Å². The molecule has 0 spiro atoms. The van der Waals surface area contributed by atoms with Crippen molar-refractivity contribution in [1.82, 2.24) is 35.2 Å². The molecule has 30 heavy (non-hydrogen) atoms. The Morgan fingerprint density at radius 1 is 1.07 bits per heavy atom. The Labute approximate surface area is 182 Å². The van der Waals surface area contributed by atoms with Gasteiger partial charge in [0, 0.05) is 10.7 Å². The first-order chi connectivity index (χ1) is 14.5. The predicted molar refractivity (Wildman–Crippen MR) is 117 cm³/mol. The lowest BCUT2D eigenvalue weighted by Gasteiger charge is -2.10. The van der Waals surface area contributed by atoms with Gasteiger partial charge in [-0.25, -0.2) is 0 Å². The lowest BCUT2D eigenvalue weighted by molar-refractivity contribution is 0.750. The molecule has 0 atom stereocenters. The number of rotatable bonds is 6. The van der Waals surface area contributed by atoms with Crippen LogP contribution in [0.3, 0.4) is 0 Å². The fourth-order valence-electron chi connectivity index (χ4n) is 2.74. The van der Waals surface area contributed by atoms with Gasteiger partial charge < -0.3 is 11.1 Å². The molecule has 4 aromatic rings. The monoisotopic (exact) mass is 439 g/mol. The van der Waals surface area contributed by atoms with E-state index in [1.807, 2.05) is 31.2 Å². The van der Waals surface area contributed by atoms with E-state index in [-0.39, 0.29) is 5.95 Å². The summed E-state index contributed by atoms with van der Waals surface area (Å²) in [5.41, 5.74) is 9.88. The number of nitrogen functional groups attached to an aromatic ring is 1. The molecule has 0 aliphatic heterocycles. The van der Waals surface area contributed by atoms with Crippen LogP contribution in [0, 0.1) is 13.8 Å². The number of nitrogens with zero attached hydrogens (tertiary/aromatic N) is 7. The Morgan fingerprint density at radius 3 is 2.67 bits per heavy atom. The summed E-state index contributed by atoms with van der Waals surface area (Å²) in [5, 5.41) is 16.5. The first-order valence-corrected chi connectivity index (χ1v) is 10.4. The highest BCUT2D eigenvalue weighted by Gasteiger charge is 2.14. The number of tetrazole rings is 1. The standard InChI is InChI=1S/C19H18ClN9S/c1-11-4-3-5-15(12(11)2)29-19(26-27-28-29)30-10-16-23-17(21)25-18(24-16)22-14-8-6-13(20)7-9-14/h3-9H,10H2,1-2H3,(H3,21,22,23,24,25). The number of nitrogens with one attached hydrogen (secondary N) is 1. The Balaban J connectivity index is 1.52. The number of nitrogens with two attached hydrogens (primary N) is 1. The van der Waals surface area contributed by atoms with Gasteiger partial charge in [0.05, 0.1) is 11.4 Å². The van der Waals surface area contributed by atoms with Crippen molar-refractivity contribution < 1.29 is 0 Å². The number of thioether (sulfide) groups is 1. The Kier molecular flexibility index (Phi) is 5.77. The molecule has 0 aliphatic carbocycles. The van der Waals surface area contributed by atoms with E-state index in [0.29, 0.717) is 27.7 Å². The lowest BCUT2D eigenvalue weighted by atomic mass is 10.1. The Bertz CT molecular complexity index is 1180. The van der Waals surface area contributed by atoms with Gasteiger partial charge in [0.1, 0.15) is 5.82 Å². The molecule has 3 N–H and O–H groups in total. The second-order valence-electron chi connectivity index (χ2n) is 6.45. The van der Waals surface area contributed by atoms with Gasteiger partial charge in [-0.15, -0.1) is 5.10 Å². The smallest absolute Gasteiger partial charge is 0.232 e. The highest BCUT2D eigenvalue weighted by atomic mass is 35.5. The third kappa shape index (κ3) is 4.50. The van der Waals surface area contributed by atoms with Crippen molar-refractivity contribution in [1.29, 1.82) is 0 Å². The number of benzene rings is 2. The highest BCUT2D eigenvalue weighted by molar-refractivity contribution is 7.98. The van der Waals surface area contributed by atoms with Crippen molar-refractivity contribution in [3.63, 3.8) is 0 Å². The van der Waals surface area contributed by atoms with Crippen molar-refractivity contribution >= 4 is 40.9 Å². The highest BCUT2D eigenvalue weighted by Crippen LogP contribution is 2.25. The molecule has 0 aliphatic rings. The van der Waals surface area contributed by atoms with Gasteiger partial charge in [0.25, 0.3) is 0 Å². The van der Waals surface area contributed by atoms with Crippen LogP contribution in [0.2, 0.25) is 5.02 Å². The van der Waals surface area contributed by atoms with Crippen LogP contribution in [0.25, 0.3) is 5.69 Å². The van der Waals surface area contributed by atoms with Gasteiger partial charge in [-0.1, -0.05) is 35.5 Å². The largest absolute Gasteiger partial charge is 0.368 e. The first-order valence-electron chi connectivity index (χ1n) is 9.00. The van der Waals surface area contributed by atoms with Crippen LogP contribution in [0.15, 0.2) is 47.6 Å². The quantitative estimate of drug-likeness (QED) is 0.432. The molecule has 9 nitrogen and oxygen atoms in total. The van der Waals surface area contributed by atoms with Gasteiger partial charge in [-0.05, 0) is 65.7 Å². The topological polar surface area (TPSA) is 120 Å². The zero-order chi connectivity index (χ0) is 21.1. The van der Waals surface area contributed by atoms with Crippen molar-refractivity contribution in [3.05, 3.63) is 64.4 Å². The average molecular weight is 440 g/mol. The molecule has 2 heterocycles. The molecule has 11 heteroatoms. The van der Waals surface area contributed by atoms with E-state index in [1.165, 1.54) is 17.3 Å². The number of aryl methyl sites for hydroxylation is 1. The van der Waals surface area contributed by atoms with Gasteiger partial charge >= 0.3 is 0 Å². The fraction of sp³-hybridized carbons (Fsp3) is 0.158. The zero-order valence-corrected chi connectivity index (χ0v) is 17.8. The van der Waals surface area contributed by atoms with E-state index >= 15 is 0 Å². The van der Waals surface area contributed by atoms with Crippen molar-refractivity contribution in [2.24, 2.45) is 0 Å².